The molecule has 0 fully saturated rings. The molecule has 16 heavy (non-hydrogen) atoms. The van der Waals surface area contributed by atoms with Crippen molar-refractivity contribution in [3.63, 3.8) is 0 Å². The molecule has 1 rings (SSSR count). The van der Waals surface area contributed by atoms with E-state index in [1.54, 1.807) is 11.8 Å². The number of hydrogen-bond acceptors (Lipinski definition) is 4. The minimum absolute atomic E-state index is 0.0432. The molecule has 0 aliphatic rings. The van der Waals surface area contributed by atoms with Gasteiger partial charge in [0.1, 0.15) is 0 Å². The smallest absolute Gasteiger partial charge is 0.0748 e. The topological polar surface area (TPSA) is 43.7 Å². The summed E-state index contributed by atoms with van der Waals surface area (Å²) in [6.07, 6.45) is 0. The standard InChI is InChI=1S/C12H19NO2S/c1-3-16-12-6-4-10(5-7-12)13(2)11(8-14)9-15/h4-7,11,14-15H,3,8-9H2,1-2H3. The second-order valence-electron chi connectivity index (χ2n) is 3.56. The molecule has 0 amide bonds. The van der Waals surface area contributed by atoms with E-state index in [1.807, 2.05) is 24.1 Å². The van der Waals surface area contributed by atoms with Gasteiger partial charge in [-0.15, -0.1) is 11.8 Å². The first-order valence-corrected chi connectivity index (χ1v) is 6.38. The Balaban J connectivity index is 2.72. The first-order chi connectivity index (χ1) is 7.72. The largest absolute Gasteiger partial charge is 0.394 e. The molecule has 0 heterocycles. The van der Waals surface area contributed by atoms with Crippen LogP contribution in [0.4, 0.5) is 5.69 Å². The van der Waals surface area contributed by atoms with Crippen LogP contribution in [0.15, 0.2) is 29.2 Å². The van der Waals surface area contributed by atoms with E-state index in [1.165, 1.54) is 4.90 Å². The van der Waals surface area contributed by atoms with Gasteiger partial charge in [-0.25, -0.2) is 0 Å². The van der Waals surface area contributed by atoms with E-state index in [9.17, 15) is 0 Å². The summed E-state index contributed by atoms with van der Waals surface area (Å²) in [4.78, 5) is 3.13. The molecular formula is C12H19NO2S. The van der Waals surface area contributed by atoms with Crippen LogP contribution in [0.3, 0.4) is 0 Å². The first kappa shape index (κ1) is 13.4. The molecule has 0 radical (unpaired) electrons. The molecule has 0 unspecified atom stereocenters. The number of aliphatic hydroxyl groups excluding tert-OH is 2. The maximum atomic E-state index is 9.09. The van der Waals surface area contributed by atoms with Crippen LogP contribution in [0.5, 0.6) is 0 Å². The molecule has 0 saturated heterocycles. The van der Waals surface area contributed by atoms with Crippen molar-refractivity contribution < 1.29 is 10.2 Å². The van der Waals surface area contributed by atoms with Crippen molar-refractivity contribution in [3.05, 3.63) is 24.3 Å². The molecule has 0 aliphatic heterocycles. The van der Waals surface area contributed by atoms with Crippen molar-refractivity contribution in [1.29, 1.82) is 0 Å². The molecule has 0 aromatic heterocycles. The van der Waals surface area contributed by atoms with Crippen LogP contribution in [0.2, 0.25) is 0 Å². The molecule has 3 nitrogen and oxygen atoms in total. The summed E-state index contributed by atoms with van der Waals surface area (Å²) in [7, 11) is 1.87. The number of nitrogens with zero attached hydrogens (tertiary/aromatic N) is 1. The Kier molecular flexibility index (Phi) is 5.66. The molecule has 1 aromatic rings. The molecule has 0 atom stereocenters. The van der Waals surface area contributed by atoms with Gasteiger partial charge in [-0.2, -0.15) is 0 Å². The van der Waals surface area contributed by atoms with E-state index < -0.39 is 0 Å². The summed E-state index contributed by atoms with van der Waals surface area (Å²) in [5, 5.41) is 18.2. The third-order valence-corrected chi connectivity index (χ3v) is 3.42. The summed E-state index contributed by atoms with van der Waals surface area (Å²) in [6, 6.07) is 7.91. The Morgan fingerprint density at radius 2 is 1.75 bits per heavy atom. The third kappa shape index (κ3) is 3.40. The normalized spacial score (nSPS) is 10.8. The zero-order valence-electron chi connectivity index (χ0n) is 9.76. The average Bonchev–Trinajstić information content (AvgIpc) is 2.32. The molecule has 0 spiro atoms. The van der Waals surface area contributed by atoms with Crippen LogP contribution >= 0.6 is 11.8 Å². The van der Waals surface area contributed by atoms with Gasteiger partial charge in [-0.1, -0.05) is 6.92 Å². The third-order valence-electron chi connectivity index (χ3n) is 2.52. The Morgan fingerprint density at radius 1 is 1.19 bits per heavy atom. The van der Waals surface area contributed by atoms with Crippen LogP contribution in [0.25, 0.3) is 0 Å². The van der Waals surface area contributed by atoms with Crippen molar-refractivity contribution in [3.8, 4) is 0 Å². The Bertz CT molecular complexity index is 298. The van der Waals surface area contributed by atoms with Crippen LogP contribution in [0, 0.1) is 0 Å². The van der Waals surface area contributed by atoms with Crippen molar-refractivity contribution >= 4 is 17.4 Å². The van der Waals surface area contributed by atoms with Gasteiger partial charge in [0.25, 0.3) is 0 Å². The van der Waals surface area contributed by atoms with E-state index >= 15 is 0 Å². The van der Waals surface area contributed by atoms with Crippen LogP contribution in [0.1, 0.15) is 6.92 Å². The highest BCUT2D eigenvalue weighted by atomic mass is 32.2. The monoisotopic (exact) mass is 241 g/mol. The second kappa shape index (κ2) is 6.78. The van der Waals surface area contributed by atoms with Crippen molar-refractivity contribution in [1.82, 2.24) is 0 Å². The van der Waals surface area contributed by atoms with Crippen LogP contribution in [-0.2, 0) is 0 Å². The van der Waals surface area contributed by atoms with Gasteiger partial charge in [0, 0.05) is 17.6 Å². The van der Waals surface area contributed by atoms with Crippen molar-refractivity contribution in [2.24, 2.45) is 0 Å². The zero-order chi connectivity index (χ0) is 12.0. The number of hydrogen-bond donors (Lipinski definition) is 2. The fourth-order valence-electron chi connectivity index (χ4n) is 1.46. The molecule has 90 valence electrons. The van der Waals surface area contributed by atoms with E-state index in [4.69, 9.17) is 10.2 Å². The van der Waals surface area contributed by atoms with Crippen molar-refractivity contribution in [2.45, 2.75) is 17.9 Å². The van der Waals surface area contributed by atoms with Gasteiger partial charge in [0.05, 0.1) is 19.3 Å². The summed E-state index contributed by atoms with van der Waals surface area (Å²) >= 11 is 1.80. The Hall–Kier alpha value is -0.710. The first-order valence-electron chi connectivity index (χ1n) is 5.40. The lowest BCUT2D eigenvalue weighted by molar-refractivity contribution is 0.191. The van der Waals surface area contributed by atoms with E-state index in [0.29, 0.717) is 0 Å². The van der Waals surface area contributed by atoms with Gasteiger partial charge in [-0.05, 0) is 30.0 Å². The van der Waals surface area contributed by atoms with Gasteiger partial charge in [0.15, 0.2) is 0 Å². The lowest BCUT2D eigenvalue weighted by Crippen LogP contribution is -2.37. The minimum atomic E-state index is -0.232. The molecular weight excluding hydrogens is 222 g/mol. The average molecular weight is 241 g/mol. The Morgan fingerprint density at radius 3 is 2.19 bits per heavy atom. The number of anilines is 1. The maximum Gasteiger partial charge on any atom is 0.0748 e. The Labute approximate surface area is 101 Å². The van der Waals surface area contributed by atoms with Crippen LogP contribution < -0.4 is 4.90 Å². The molecule has 4 heteroatoms. The minimum Gasteiger partial charge on any atom is -0.394 e. The highest BCUT2D eigenvalue weighted by Gasteiger charge is 2.12. The predicted molar refractivity (Wildman–Crippen MR) is 69.2 cm³/mol. The highest BCUT2D eigenvalue weighted by Crippen LogP contribution is 2.22. The lowest BCUT2D eigenvalue weighted by atomic mass is 10.2. The van der Waals surface area contributed by atoms with E-state index in [0.717, 1.165) is 11.4 Å². The zero-order valence-corrected chi connectivity index (χ0v) is 10.6. The van der Waals surface area contributed by atoms with Gasteiger partial charge >= 0.3 is 0 Å². The highest BCUT2D eigenvalue weighted by molar-refractivity contribution is 7.99. The summed E-state index contributed by atoms with van der Waals surface area (Å²) in [5.41, 5.74) is 1.01. The summed E-state index contributed by atoms with van der Waals surface area (Å²) < 4.78 is 0. The van der Waals surface area contributed by atoms with Crippen LogP contribution in [-0.4, -0.2) is 42.3 Å². The maximum absolute atomic E-state index is 9.09. The fraction of sp³-hybridized carbons (Fsp3) is 0.500. The van der Waals surface area contributed by atoms with E-state index in [2.05, 4.69) is 19.1 Å². The molecule has 0 aliphatic carbocycles. The predicted octanol–water partition coefficient (Wildman–Crippen LogP) is 1.59. The fourth-order valence-corrected chi connectivity index (χ4v) is 2.12. The molecule has 0 bridgehead atoms. The number of benzene rings is 1. The molecule has 1 aromatic carbocycles. The van der Waals surface area contributed by atoms with Gasteiger partial charge in [0.2, 0.25) is 0 Å². The number of thioether (sulfide) groups is 1. The molecule has 0 saturated carbocycles. The number of likely N-dealkylation sites (N-methyl/N-ethyl adjacent to an activating group) is 1. The lowest BCUT2D eigenvalue weighted by Gasteiger charge is -2.27. The van der Waals surface area contributed by atoms with Gasteiger partial charge in [-0.3, -0.25) is 0 Å². The van der Waals surface area contributed by atoms with Crippen molar-refractivity contribution in [2.75, 3.05) is 30.9 Å². The van der Waals surface area contributed by atoms with Gasteiger partial charge < -0.3 is 15.1 Å². The summed E-state index contributed by atoms with van der Waals surface area (Å²) in [5.74, 6) is 1.06. The van der Waals surface area contributed by atoms with E-state index in [-0.39, 0.29) is 19.3 Å². The summed E-state index contributed by atoms with van der Waals surface area (Å²) in [6.45, 7) is 2.04. The SMILES string of the molecule is CCSc1ccc(N(C)C(CO)CO)cc1. The quantitative estimate of drug-likeness (QED) is 0.742. The second-order valence-corrected chi connectivity index (χ2v) is 4.89. The number of aliphatic hydroxyl groups is 2. The number of rotatable bonds is 6. The molecule has 2 N–H and O–H groups in total.